The number of nitrogens with zero attached hydrogens (tertiary/aromatic N) is 4. The first-order valence-corrected chi connectivity index (χ1v) is 10.6. The second kappa shape index (κ2) is 7.49. The average molecular weight is 406 g/mol. The summed E-state index contributed by atoms with van der Waals surface area (Å²) < 4.78 is 7.76. The summed E-state index contributed by atoms with van der Waals surface area (Å²) in [4.78, 5) is 8.75. The van der Waals surface area contributed by atoms with Crippen molar-refractivity contribution in [2.75, 3.05) is 18.5 Å². The molecule has 7 nitrogen and oxygen atoms in total. The molecule has 156 valence electrons. The zero-order chi connectivity index (χ0) is 20.7. The first kappa shape index (κ1) is 19.2. The second-order valence-corrected chi connectivity index (χ2v) is 8.74. The van der Waals surface area contributed by atoms with Crippen LogP contribution in [-0.2, 0) is 10.3 Å². The monoisotopic (exact) mass is 405 g/mol. The third-order valence-electron chi connectivity index (χ3n) is 5.73. The number of aliphatic hydroxyl groups is 1. The van der Waals surface area contributed by atoms with Crippen LogP contribution in [0.2, 0.25) is 0 Å². The molecular weight excluding hydrogens is 378 g/mol. The van der Waals surface area contributed by atoms with Crippen LogP contribution in [0.1, 0.15) is 56.5 Å². The van der Waals surface area contributed by atoms with Crippen molar-refractivity contribution in [2.45, 2.75) is 50.7 Å². The van der Waals surface area contributed by atoms with Crippen molar-refractivity contribution in [3.63, 3.8) is 0 Å². The van der Waals surface area contributed by atoms with Gasteiger partial charge in [0.15, 0.2) is 0 Å². The van der Waals surface area contributed by atoms with Gasteiger partial charge in [-0.15, -0.1) is 0 Å². The maximum atomic E-state index is 10.2. The van der Waals surface area contributed by atoms with Crippen LogP contribution < -0.4 is 5.32 Å². The van der Waals surface area contributed by atoms with Crippen molar-refractivity contribution in [1.82, 2.24) is 19.7 Å². The van der Waals surface area contributed by atoms with Crippen LogP contribution in [0.5, 0.6) is 0 Å². The minimum atomic E-state index is -0.997. The summed E-state index contributed by atoms with van der Waals surface area (Å²) in [5.74, 6) is 1.09. The van der Waals surface area contributed by atoms with Gasteiger partial charge in [-0.2, -0.15) is 5.10 Å². The summed E-state index contributed by atoms with van der Waals surface area (Å²) in [6.45, 7) is 4.99. The number of rotatable bonds is 6. The number of hydrogen-bond acceptors (Lipinski definition) is 6. The standard InChI is InChI=1S/C23H27N5O2/c1-23(2,29)20-12-17(6-9-24-20)26-21-11-15(5-8-25-21)19-13-28(18-3-4-18)27-22(19)16-7-10-30-14-16/h5-6,8-9,11-13,16,18,29H,3-4,7,10,14H2,1-2H3,(H,24,25,26). The van der Waals surface area contributed by atoms with Gasteiger partial charge in [-0.3, -0.25) is 9.67 Å². The molecule has 0 amide bonds. The number of ether oxygens (including phenoxy) is 1. The normalized spacial score (nSPS) is 19.2. The van der Waals surface area contributed by atoms with Gasteiger partial charge in [-0.05, 0) is 62.9 Å². The van der Waals surface area contributed by atoms with E-state index in [1.54, 1.807) is 20.0 Å². The van der Waals surface area contributed by atoms with E-state index in [0.29, 0.717) is 17.7 Å². The van der Waals surface area contributed by atoms with Crippen LogP contribution in [0, 0.1) is 0 Å². The molecule has 0 aromatic carbocycles. The fraction of sp³-hybridized carbons (Fsp3) is 0.435. The minimum Gasteiger partial charge on any atom is -0.384 e. The highest BCUT2D eigenvalue weighted by Gasteiger charge is 2.30. The molecule has 3 aromatic heterocycles. The molecule has 2 aliphatic rings. The third kappa shape index (κ3) is 3.95. The van der Waals surface area contributed by atoms with E-state index in [1.807, 2.05) is 24.4 Å². The van der Waals surface area contributed by atoms with Crippen molar-refractivity contribution >= 4 is 11.5 Å². The molecule has 4 heterocycles. The zero-order valence-electron chi connectivity index (χ0n) is 17.4. The van der Waals surface area contributed by atoms with Crippen LogP contribution in [0.25, 0.3) is 11.1 Å². The van der Waals surface area contributed by atoms with E-state index in [0.717, 1.165) is 48.0 Å². The van der Waals surface area contributed by atoms with E-state index >= 15 is 0 Å². The van der Waals surface area contributed by atoms with Crippen molar-refractivity contribution in [3.05, 3.63) is 54.2 Å². The number of aromatic nitrogens is 4. The van der Waals surface area contributed by atoms with Crippen molar-refractivity contribution in [2.24, 2.45) is 0 Å². The fourth-order valence-corrected chi connectivity index (χ4v) is 3.86. The highest BCUT2D eigenvalue weighted by atomic mass is 16.5. The maximum absolute atomic E-state index is 10.2. The third-order valence-corrected chi connectivity index (χ3v) is 5.73. The molecule has 3 aromatic rings. The van der Waals surface area contributed by atoms with Gasteiger partial charge in [-0.25, -0.2) is 4.98 Å². The SMILES string of the molecule is CC(C)(O)c1cc(Nc2cc(-c3cn(C4CC4)nc3C3CCOC3)ccn2)ccn1. The first-order chi connectivity index (χ1) is 14.5. The molecule has 30 heavy (non-hydrogen) atoms. The molecular formula is C23H27N5O2. The van der Waals surface area contributed by atoms with Gasteiger partial charge in [0.25, 0.3) is 0 Å². The van der Waals surface area contributed by atoms with Crippen LogP contribution in [0.15, 0.2) is 42.9 Å². The Morgan fingerprint density at radius 2 is 1.97 bits per heavy atom. The zero-order valence-corrected chi connectivity index (χ0v) is 17.4. The van der Waals surface area contributed by atoms with E-state index in [4.69, 9.17) is 9.84 Å². The summed E-state index contributed by atoms with van der Waals surface area (Å²) in [7, 11) is 0. The van der Waals surface area contributed by atoms with Gasteiger partial charge in [0.05, 0.1) is 24.0 Å². The highest BCUT2D eigenvalue weighted by molar-refractivity contribution is 5.70. The van der Waals surface area contributed by atoms with Crippen molar-refractivity contribution in [1.29, 1.82) is 0 Å². The summed E-state index contributed by atoms with van der Waals surface area (Å²) in [6, 6.07) is 8.35. The number of hydrogen-bond donors (Lipinski definition) is 2. The average Bonchev–Trinajstić information content (AvgIpc) is 3.25. The molecule has 2 fully saturated rings. The van der Waals surface area contributed by atoms with Gasteiger partial charge in [-0.1, -0.05) is 0 Å². The van der Waals surface area contributed by atoms with Crippen molar-refractivity contribution < 1.29 is 9.84 Å². The Morgan fingerprint density at radius 1 is 1.13 bits per heavy atom. The lowest BCUT2D eigenvalue weighted by molar-refractivity contribution is 0.0739. The van der Waals surface area contributed by atoms with Crippen LogP contribution in [0.3, 0.4) is 0 Å². The lowest BCUT2D eigenvalue weighted by Crippen LogP contribution is -2.17. The topological polar surface area (TPSA) is 85.1 Å². The largest absolute Gasteiger partial charge is 0.384 e. The summed E-state index contributed by atoms with van der Waals surface area (Å²) in [5, 5.41) is 18.5. The van der Waals surface area contributed by atoms with Gasteiger partial charge in [0, 0.05) is 42.4 Å². The first-order valence-electron chi connectivity index (χ1n) is 10.6. The number of nitrogens with one attached hydrogen (secondary N) is 1. The van der Waals surface area contributed by atoms with Crippen LogP contribution >= 0.6 is 0 Å². The van der Waals surface area contributed by atoms with Gasteiger partial charge < -0.3 is 15.2 Å². The molecule has 0 radical (unpaired) electrons. The van der Waals surface area contributed by atoms with E-state index in [1.165, 1.54) is 12.8 Å². The molecule has 1 aliphatic carbocycles. The smallest absolute Gasteiger partial charge is 0.130 e. The molecule has 0 bridgehead atoms. The van der Waals surface area contributed by atoms with E-state index in [-0.39, 0.29) is 0 Å². The molecule has 1 aliphatic heterocycles. The highest BCUT2D eigenvalue weighted by Crippen LogP contribution is 2.39. The lowest BCUT2D eigenvalue weighted by atomic mass is 9.97. The molecule has 7 heteroatoms. The Morgan fingerprint density at radius 3 is 2.70 bits per heavy atom. The Hall–Kier alpha value is -2.77. The minimum absolute atomic E-state index is 0.346. The molecule has 2 N–H and O–H groups in total. The number of anilines is 2. The molecule has 1 atom stereocenters. The van der Waals surface area contributed by atoms with Crippen LogP contribution in [0.4, 0.5) is 11.5 Å². The van der Waals surface area contributed by atoms with E-state index in [2.05, 4.69) is 32.2 Å². The number of pyridine rings is 2. The molecule has 1 unspecified atom stereocenters. The Kier molecular flexibility index (Phi) is 4.79. The predicted octanol–water partition coefficient (Wildman–Crippen LogP) is 4.15. The molecule has 0 spiro atoms. The van der Waals surface area contributed by atoms with E-state index < -0.39 is 5.60 Å². The van der Waals surface area contributed by atoms with Gasteiger partial charge in [0.2, 0.25) is 0 Å². The predicted molar refractivity (Wildman–Crippen MR) is 115 cm³/mol. The second-order valence-electron chi connectivity index (χ2n) is 8.74. The molecule has 1 saturated heterocycles. The summed E-state index contributed by atoms with van der Waals surface area (Å²) in [5.41, 5.74) is 3.84. The summed E-state index contributed by atoms with van der Waals surface area (Å²) >= 11 is 0. The van der Waals surface area contributed by atoms with E-state index in [9.17, 15) is 5.11 Å². The fourth-order valence-electron chi connectivity index (χ4n) is 3.86. The quantitative estimate of drug-likeness (QED) is 0.641. The Balaban J connectivity index is 1.45. The van der Waals surface area contributed by atoms with Gasteiger partial charge >= 0.3 is 0 Å². The van der Waals surface area contributed by atoms with Crippen molar-refractivity contribution in [3.8, 4) is 11.1 Å². The molecule has 5 rings (SSSR count). The van der Waals surface area contributed by atoms with Gasteiger partial charge in [0.1, 0.15) is 11.4 Å². The maximum Gasteiger partial charge on any atom is 0.130 e. The summed E-state index contributed by atoms with van der Waals surface area (Å²) in [6.07, 6.45) is 9.12. The molecule has 1 saturated carbocycles. The Bertz CT molecular complexity index is 1050. The Labute approximate surface area is 176 Å². The van der Waals surface area contributed by atoms with Crippen LogP contribution in [-0.4, -0.2) is 38.1 Å². The lowest BCUT2D eigenvalue weighted by Gasteiger charge is -2.17.